The molecular formula is C27H26O7. The van der Waals surface area contributed by atoms with E-state index in [1.807, 2.05) is 84.9 Å². The molecule has 0 saturated carbocycles. The maximum Gasteiger partial charge on any atom is 0.229 e. The standard InChI is InChI=1S/C27H26O7/c1-28-19-12-14-20(15-13-19)30-27-24-23(33-26(34-24)18-10-6-3-7-11-18)22-21(31-27)16-29-25(32-22)17-8-4-2-5-9-17/h2-15,21-27H,16H2,1H3/t21-,22-,23+,24+,25?,26?,27-/m1/s1. The van der Waals surface area contributed by atoms with E-state index >= 15 is 0 Å². The van der Waals surface area contributed by atoms with Gasteiger partial charge >= 0.3 is 0 Å². The lowest BCUT2D eigenvalue weighted by atomic mass is 9.98. The predicted octanol–water partition coefficient (Wildman–Crippen LogP) is 4.40. The lowest BCUT2D eigenvalue weighted by Gasteiger charge is -2.45. The van der Waals surface area contributed by atoms with E-state index in [4.69, 9.17) is 33.2 Å². The van der Waals surface area contributed by atoms with Gasteiger partial charge in [-0.3, -0.25) is 0 Å². The van der Waals surface area contributed by atoms with Crippen LogP contribution in [0.3, 0.4) is 0 Å². The normalized spacial score (nSPS) is 32.4. The molecule has 3 aromatic rings. The van der Waals surface area contributed by atoms with Crippen molar-refractivity contribution in [1.29, 1.82) is 0 Å². The van der Waals surface area contributed by atoms with E-state index in [0.29, 0.717) is 12.4 Å². The minimum atomic E-state index is -0.686. The molecule has 0 spiro atoms. The quantitative estimate of drug-likeness (QED) is 0.557. The Labute approximate surface area is 198 Å². The molecule has 0 bridgehead atoms. The molecule has 7 atom stereocenters. The first-order chi connectivity index (χ1) is 16.8. The van der Waals surface area contributed by atoms with Crippen molar-refractivity contribution < 1.29 is 33.2 Å². The Morgan fingerprint density at radius 3 is 1.88 bits per heavy atom. The Kier molecular flexibility index (Phi) is 5.95. The second-order valence-electron chi connectivity index (χ2n) is 8.46. The molecule has 3 saturated heterocycles. The molecule has 7 nitrogen and oxygen atoms in total. The van der Waals surface area contributed by atoms with E-state index in [9.17, 15) is 0 Å². The fraction of sp³-hybridized carbons (Fsp3) is 0.333. The molecule has 3 aliphatic rings. The van der Waals surface area contributed by atoms with Crippen molar-refractivity contribution in [2.24, 2.45) is 0 Å². The van der Waals surface area contributed by atoms with Gasteiger partial charge in [0, 0.05) is 11.1 Å². The average Bonchev–Trinajstić information content (AvgIpc) is 3.36. The summed E-state index contributed by atoms with van der Waals surface area (Å²) >= 11 is 0. The predicted molar refractivity (Wildman–Crippen MR) is 121 cm³/mol. The van der Waals surface area contributed by atoms with Gasteiger partial charge in [0.2, 0.25) is 6.29 Å². The first-order valence-corrected chi connectivity index (χ1v) is 11.4. The van der Waals surface area contributed by atoms with Crippen LogP contribution in [0.15, 0.2) is 84.9 Å². The highest BCUT2D eigenvalue weighted by atomic mass is 16.8. The Morgan fingerprint density at radius 1 is 0.618 bits per heavy atom. The van der Waals surface area contributed by atoms with Gasteiger partial charge in [0.25, 0.3) is 0 Å². The van der Waals surface area contributed by atoms with E-state index in [2.05, 4.69) is 0 Å². The third kappa shape index (κ3) is 4.17. The zero-order valence-corrected chi connectivity index (χ0v) is 18.7. The lowest BCUT2D eigenvalue weighted by molar-refractivity contribution is -0.335. The first kappa shape index (κ1) is 21.6. The van der Waals surface area contributed by atoms with Crippen molar-refractivity contribution >= 4 is 0 Å². The smallest absolute Gasteiger partial charge is 0.229 e. The van der Waals surface area contributed by atoms with Crippen molar-refractivity contribution in [3.63, 3.8) is 0 Å². The van der Waals surface area contributed by atoms with Gasteiger partial charge in [0.1, 0.15) is 29.8 Å². The summed E-state index contributed by atoms with van der Waals surface area (Å²) in [6.45, 7) is 0.356. The topological polar surface area (TPSA) is 64.6 Å². The van der Waals surface area contributed by atoms with Crippen LogP contribution in [0.1, 0.15) is 23.7 Å². The fourth-order valence-corrected chi connectivity index (χ4v) is 4.59. The van der Waals surface area contributed by atoms with Crippen molar-refractivity contribution in [2.45, 2.75) is 43.3 Å². The van der Waals surface area contributed by atoms with Crippen LogP contribution in [0.5, 0.6) is 11.5 Å². The van der Waals surface area contributed by atoms with Crippen LogP contribution < -0.4 is 9.47 Å². The molecule has 2 unspecified atom stereocenters. The monoisotopic (exact) mass is 462 g/mol. The highest BCUT2D eigenvalue weighted by Gasteiger charge is 2.57. The number of hydrogen-bond donors (Lipinski definition) is 0. The highest BCUT2D eigenvalue weighted by Crippen LogP contribution is 2.43. The molecule has 0 amide bonds. The van der Waals surface area contributed by atoms with Gasteiger partial charge < -0.3 is 33.2 Å². The Balaban J connectivity index is 1.26. The summed E-state index contributed by atoms with van der Waals surface area (Å²) < 4.78 is 43.0. The van der Waals surface area contributed by atoms with Crippen LogP contribution in [0.25, 0.3) is 0 Å². The second-order valence-corrected chi connectivity index (χ2v) is 8.46. The van der Waals surface area contributed by atoms with E-state index in [0.717, 1.165) is 16.9 Å². The van der Waals surface area contributed by atoms with Crippen molar-refractivity contribution in [3.05, 3.63) is 96.1 Å². The molecule has 7 heteroatoms. The number of fused-ring (bicyclic) bond motifs is 3. The summed E-state index contributed by atoms with van der Waals surface area (Å²) in [6.07, 6.45) is -3.32. The highest BCUT2D eigenvalue weighted by molar-refractivity contribution is 5.31. The summed E-state index contributed by atoms with van der Waals surface area (Å²) in [5, 5.41) is 0. The average molecular weight is 462 g/mol. The molecule has 3 heterocycles. The molecule has 0 radical (unpaired) electrons. The third-order valence-electron chi connectivity index (χ3n) is 6.30. The number of ether oxygens (including phenoxy) is 7. The van der Waals surface area contributed by atoms with E-state index in [1.165, 1.54) is 0 Å². The van der Waals surface area contributed by atoms with Crippen LogP contribution in [0.2, 0.25) is 0 Å². The molecule has 6 rings (SSSR count). The van der Waals surface area contributed by atoms with Gasteiger partial charge in [-0.1, -0.05) is 60.7 Å². The molecule has 3 fully saturated rings. The molecular weight excluding hydrogens is 436 g/mol. The number of hydrogen-bond acceptors (Lipinski definition) is 7. The number of benzene rings is 3. The summed E-state index contributed by atoms with van der Waals surface area (Å²) in [5.74, 6) is 1.40. The van der Waals surface area contributed by atoms with Crippen LogP contribution >= 0.6 is 0 Å². The molecule has 34 heavy (non-hydrogen) atoms. The summed E-state index contributed by atoms with van der Waals surface area (Å²) in [5.41, 5.74) is 1.89. The minimum absolute atomic E-state index is 0.356. The molecule has 0 aromatic heterocycles. The minimum Gasteiger partial charge on any atom is -0.497 e. The zero-order valence-electron chi connectivity index (χ0n) is 18.7. The maximum absolute atomic E-state index is 6.43. The van der Waals surface area contributed by atoms with Crippen molar-refractivity contribution in [1.82, 2.24) is 0 Å². The van der Waals surface area contributed by atoms with Crippen molar-refractivity contribution in [3.8, 4) is 11.5 Å². The Bertz CT molecular complexity index is 1080. The Hall–Kier alpha value is -2.94. The van der Waals surface area contributed by atoms with Gasteiger partial charge in [0.05, 0.1) is 13.7 Å². The largest absolute Gasteiger partial charge is 0.497 e. The van der Waals surface area contributed by atoms with E-state index in [1.54, 1.807) is 7.11 Å². The lowest BCUT2D eigenvalue weighted by Crippen LogP contribution is -2.61. The van der Waals surface area contributed by atoms with E-state index < -0.39 is 25.0 Å². The summed E-state index contributed by atoms with van der Waals surface area (Å²) in [4.78, 5) is 0. The van der Waals surface area contributed by atoms with Gasteiger partial charge in [0.15, 0.2) is 18.7 Å². The van der Waals surface area contributed by atoms with Crippen LogP contribution in [0, 0.1) is 0 Å². The van der Waals surface area contributed by atoms with Gasteiger partial charge in [-0.15, -0.1) is 0 Å². The van der Waals surface area contributed by atoms with Crippen LogP contribution in [-0.4, -0.2) is 44.4 Å². The molecule has 0 N–H and O–H groups in total. The van der Waals surface area contributed by atoms with Crippen LogP contribution in [0.4, 0.5) is 0 Å². The third-order valence-corrected chi connectivity index (χ3v) is 6.30. The van der Waals surface area contributed by atoms with Gasteiger partial charge in [-0.2, -0.15) is 0 Å². The Morgan fingerprint density at radius 2 is 1.21 bits per heavy atom. The molecule has 0 aliphatic carbocycles. The molecule has 3 aromatic carbocycles. The molecule has 3 aliphatic heterocycles. The van der Waals surface area contributed by atoms with Gasteiger partial charge in [-0.25, -0.2) is 0 Å². The van der Waals surface area contributed by atoms with Crippen molar-refractivity contribution in [2.75, 3.05) is 13.7 Å². The number of rotatable bonds is 5. The summed E-state index contributed by atoms with van der Waals surface area (Å²) in [7, 11) is 1.63. The summed E-state index contributed by atoms with van der Waals surface area (Å²) in [6, 6.07) is 27.1. The zero-order chi connectivity index (χ0) is 22.9. The molecule has 176 valence electrons. The fourth-order valence-electron chi connectivity index (χ4n) is 4.59. The maximum atomic E-state index is 6.43. The van der Waals surface area contributed by atoms with Gasteiger partial charge in [-0.05, 0) is 24.3 Å². The SMILES string of the molecule is COc1ccc(O[C@@H]2O[C@@H]3COC(c4ccccc4)O[C@H]3[C@@H]3OC(c4ccccc4)O[C@H]23)cc1. The first-order valence-electron chi connectivity index (χ1n) is 11.4. The number of methoxy groups -OCH3 is 1. The van der Waals surface area contributed by atoms with Crippen LogP contribution in [-0.2, 0) is 23.7 Å². The second kappa shape index (κ2) is 9.37. The van der Waals surface area contributed by atoms with E-state index in [-0.39, 0.29) is 18.3 Å².